The molecule has 0 aromatic heterocycles. The summed E-state index contributed by atoms with van der Waals surface area (Å²) in [5.41, 5.74) is 2.31. The van der Waals surface area contributed by atoms with Gasteiger partial charge in [0.15, 0.2) is 0 Å². The lowest BCUT2D eigenvalue weighted by atomic mass is 9.87. The number of ether oxygens (including phenoxy) is 1. The van der Waals surface area contributed by atoms with E-state index in [2.05, 4.69) is 13.8 Å². The van der Waals surface area contributed by atoms with Crippen LogP contribution in [0.1, 0.15) is 57.6 Å². The number of carbonyl (C=O) groups excluding carboxylic acids is 2. The van der Waals surface area contributed by atoms with Gasteiger partial charge < -0.3 is 14.5 Å². The molecule has 5 nitrogen and oxygen atoms in total. The van der Waals surface area contributed by atoms with Gasteiger partial charge in [-0.3, -0.25) is 9.59 Å². The Bertz CT molecular complexity index is 921. The van der Waals surface area contributed by atoms with Crippen molar-refractivity contribution in [3.63, 3.8) is 0 Å². The third-order valence-electron chi connectivity index (χ3n) is 7.23. The number of amides is 2. The van der Waals surface area contributed by atoms with E-state index in [1.54, 1.807) is 17.0 Å². The van der Waals surface area contributed by atoms with Crippen molar-refractivity contribution in [2.75, 3.05) is 26.8 Å². The molecule has 0 spiro atoms. The Morgan fingerprint density at radius 3 is 2.58 bits per heavy atom. The van der Waals surface area contributed by atoms with E-state index < -0.39 is 6.04 Å². The minimum Gasteiger partial charge on any atom is -0.381 e. The topological polar surface area (TPSA) is 49.9 Å². The largest absolute Gasteiger partial charge is 0.381 e. The second-order valence-electron chi connectivity index (χ2n) is 9.34. The molecule has 1 aromatic carbocycles. The summed E-state index contributed by atoms with van der Waals surface area (Å²) in [6.45, 7) is 6.20. The molecule has 1 aromatic rings. The first-order valence-corrected chi connectivity index (χ1v) is 11.8. The molecule has 3 aliphatic rings. The molecule has 0 N–H and O–H groups in total. The Morgan fingerprint density at radius 1 is 1.19 bits per heavy atom. The van der Waals surface area contributed by atoms with Crippen molar-refractivity contribution in [3.05, 3.63) is 45.0 Å². The van der Waals surface area contributed by atoms with Gasteiger partial charge in [0.1, 0.15) is 0 Å². The van der Waals surface area contributed by atoms with Crippen molar-refractivity contribution in [3.8, 4) is 0 Å². The maximum atomic E-state index is 13.6. The quantitative estimate of drug-likeness (QED) is 0.630. The van der Waals surface area contributed by atoms with E-state index in [0.29, 0.717) is 42.1 Å². The molecular weight excluding hydrogens is 435 g/mol. The van der Waals surface area contributed by atoms with Crippen LogP contribution in [0.25, 0.3) is 0 Å². The van der Waals surface area contributed by atoms with E-state index in [0.717, 1.165) is 42.4 Å². The first kappa shape index (κ1) is 22.6. The summed E-state index contributed by atoms with van der Waals surface area (Å²) >= 11 is 12.5. The van der Waals surface area contributed by atoms with Crippen molar-refractivity contribution < 1.29 is 14.3 Å². The van der Waals surface area contributed by atoms with E-state index in [1.807, 2.05) is 18.0 Å². The van der Waals surface area contributed by atoms with Gasteiger partial charge in [-0.1, -0.05) is 29.3 Å². The Labute approximate surface area is 194 Å². The van der Waals surface area contributed by atoms with E-state index in [-0.39, 0.29) is 17.4 Å². The monoisotopic (exact) mass is 464 g/mol. The minimum atomic E-state index is -0.448. The van der Waals surface area contributed by atoms with E-state index in [1.165, 1.54) is 0 Å². The van der Waals surface area contributed by atoms with Crippen LogP contribution in [0.4, 0.5) is 0 Å². The summed E-state index contributed by atoms with van der Waals surface area (Å²) in [5.74, 6) is 0.407. The molecule has 1 unspecified atom stereocenters. The fourth-order valence-corrected chi connectivity index (χ4v) is 5.45. The normalized spacial score (nSPS) is 24.4. The number of carbonyl (C=O) groups is 2. The highest BCUT2D eigenvalue weighted by Crippen LogP contribution is 2.47. The van der Waals surface area contributed by atoms with E-state index in [9.17, 15) is 9.59 Å². The first-order valence-electron chi connectivity index (χ1n) is 11.1. The van der Waals surface area contributed by atoms with Crippen molar-refractivity contribution in [1.82, 2.24) is 9.80 Å². The number of halogens is 2. The van der Waals surface area contributed by atoms with Crippen molar-refractivity contribution in [2.24, 2.45) is 5.92 Å². The smallest absolute Gasteiger partial charge is 0.252 e. The van der Waals surface area contributed by atoms with Crippen LogP contribution < -0.4 is 0 Å². The Balaban J connectivity index is 1.77. The molecule has 1 fully saturated rings. The summed E-state index contributed by atoms with van der Waals surface area (Å²) in [4.78, 5) is 30.7. The highest BCUT2D eigenvalue weighted by molar-refractivity contribution is 6.42. The number of benzene rings is 1. The zero-order valence-electron chi connectivity index (χ0n) is 18.4. The zero-order valence-corrected chi connectivity index (χ0v) is 19.9. The van der Waals surface area contributed by atoms with Gasteiger partial charge in [-0.25, -0.2) is 0 Å². The standard InChI is InChI=1S/C24H30Cl2N2O3/c1-24(2)17-5-4-10-28(20(29)13-15-8-11-31-12-9-15)22(21(17)23(30)27(24)3)16-6-7-18(25)19(26)14-16/h6-7,14-15,22H,4-5,8-13H2,1-3H3. The first-order chi connectivity index (χ1) is 14.7. The molecule has 0 aliphatic carbocycles. The van der Waals surface area contributed by atoms with Crippen LogP contribution in [0.5, 0.6) is 0 Å². The SMILES string of the molecule is CN1C(=O)C2=C(CCCN(C(=O)CC3CCOCC3)C2c2ccc(Cl)c(Cl)c2)C1(C)C. The average molecular weight is 465 g/mol. The molecule has 0 bridgehead atoms. The van der Waals surface area contributed by atoms with E-state index >= 15 is 0 Å². The third kappa shape index (κ3) is 4.12. The van der Waals surface area contributed by atoms with Crippen LogP contribution in [0, 0.1) is 5.92 Å². The number of rotatable bonds is 3. The van der Waals surface area contributed by atoms with Crippen LogP contribution in [0.3, 0.4) is 0 Å². The number of likely N-dealkylation sites (N-methyl/N-ethyl adjacent to an activating group) is 1. The summed E-state index contributed by atoms with van der Waals surface area (Å²) in [7, 11) is 1.84. The lowest BCUT2D eigenvalue weighted by Gasteiger charge is -2.34. The second kappa shape index (κ2) is 8.76. The number of nitrogens with zero attached hydrogens (tertiary/aromatic N) is 2. The van der Waals surface area contributed by atoms with Crippen LogP contribution in [0.2, 0.25) is 10.0 Å². The van der Waals surface area contributed by atoms with Crippen molar-refractivity contribution in [1.29, 1.82) is 0 Å². The van der Waals surface area contributed by atoms with Gasteiger partial charge >= 0.3 is 0 Å². The molecule has 168 valence electrons. The Kier molecular flexibility index (Phi) is 6.39. The Hall–Kier alpha value is -1.56. The molecular formula is C24H30Cl2N2O3. The summed E-state index contributed by atoms with van der Waals surface area (Å²) in [6, 6.07) is 5.00. The van der Waals surface area contributed by atoms with Crippen molar-refractivity contribution in [2.45, 2.75) is 57.5 Å². The lowest BCUT2D eigenvalue weighted by molar-refractivity contribution is -0.135. The van der Waals surface area contributed by atoms with Gasteiger partial charge in [-0.05, 0) is 68.7 Å². The van der Waals surface area contributed by atoms with Gasteiger partial charge in [0.05, 0.1) is 21.6 Å². The van der Waals surface area contributed by atoms with Gasteiger partial charge in [0.2, 0.25) is 5.91 Å². The van der Waals surface area contributed by atoms with Crippen LogP contribution >= 0.6 is 23.2 Å². The second-order valence-corrected chi connectivity index (χ2v) is 10.2. The predicted molar refractivity (Wildman–Crippen MR) is 122 cm³/mol. The maximum absolute atomic E-state index is 13.6. The maximum Gasteiger partial charge on any atom is 0.252 e. The van der Waals surface area contributed by atoms with Gasteiger partial charge in [-0.15, -0.1) is 0 Å². The van der Waals surface area contributed by atoms with Crippen molar-refractivity contribution >= 4 is 35.0 Å². The van der Waals surface area contributed by atoms with Gasteiger partial charge in [0, 0.05) is 38.8 Å². The molecule has 2 amide bonds. The highest BCUT2D eigenvalue weighted by atomic mass is 35.5. The molecule has 3 aliphatic heterocycles. The third-order valence-corrected chi connectivity index (χ3v) is 7.97. The highest BCUT2D eigenvalue weighted by Gasteiger charge is 2.48. The summed E-state index contributed by atoms with van der Waals surface area (Å²) in [5, 5.41) is 0.893. The lowest BCUT2D eigenvalue weighted by Crippen LogP contribution is -2.42. The molecule has 0 saturated carbocycles. The molecule has 1 saturated heterocycles. The van der Waals surface area contributed by atoms with Gasteiger partial charge in [0.25, 0.3) is 5.91 Å². The van der Waals surface area contributed by atoms with Crippen LogP contribution in [-0.4, -0.2) is 54.0 Å². The molecule has 4 rings (SSSR count). The molecule has 1 atom stereocenters. The predicted octanol–water partition coefficient (Wildman–Crippen LogP) is 5.02. The molecule has 0 radical (unpaired) electrons. The van der Waals surface area contributed by atoms with Gasteiger partial charge in [-0.2, -0.15) is 0 Å². The fourth-order valence-electron chi connectivity index (χ4n) is 5.14. The summed E-state index contributed by atoms with van der Waals surface area (Å²) < 4.78 is 5.46. The average Bonchev–Trinajstić information content (AvgIpc) is 2.89. The fraction of sp³-hybridized carbons (Fsp3) is 0.583. The Morgan fingerprint density at radius 2 is 1.90 bits per heavy atom. The zero-order chi connectivity index (χ0) is 22.3. The van der Waals surface area contributed by atoms with Crippen LogP contribution in [-0.2, 0) is 14.3 Å². The molecule has 3 heterocycles. The summed E-state index contributed by atoms with van der Waals surface area (Å²) in [6.07, 6.45) is 3.93. The number of hydrogen-bond donors (Lipinski definition) is 0. The van der Waals surface area contributed by atoms with Crippen LogP contribution in [0.15, 0.2) is 29.3 Å². The van der Waals surface area contributed by atoms with E-state index in [4.69, 9.17) is 27.9 Å². The molecule has 7 heteroatoms. The number of hydrogen-bond acceptors (Lipinski definition) is 3. The minimum absolute atomic E-state index is 0.0122. The molecule has 31 heavy (non-hydrogen) atoms.